The second-order valence-corrected chi connectivity index (χ2v) is 5.61. The summed E-state index contributed by atoms with van der Waals surface area (Å²) in [7, 11) is 0. The van der Waals surface area contributed by atoms with Crippen LogP contribution in [0.1, 0.15) is 10.4 Å². The van der Waals surface area contributed by atoms with Crippen LogP contribution in [0.5, 0.6) is 0 Å². The Morgan fingerprint density at radius 2 is 2.17 bits per heavy atom. The molecule has 0 unspecified atom stereocenters. The third-order valence-electron chi connectivity index (χ3n) is 2.37. The molecule has 0 saturated heterocycles. The van der Waals surface area contributed by atoms with E-state index < -0.39 is 0 Å². The van der Waals surface area contributed by atoms with Crippen molar-refractivity contribution in [2.24, 2.45) is 5.73 Å². The molecule has 0 aliphatic carbocycles. The van der Waals surface area contributed by atoms with E-state index in [1.807, 2.05) is 40.1 Å². The molecule has 1 heterocycles. The zero-order valence-electron chi connectivity index (χ0n) is 9.15. The average Bonchev–Trinajstić information content (AvgIpc) is 2.83. The third-order valence-corrected chi connectivity index (χ3v) is 4.15. The molecular weight excluding hydrogens is 362 g/mol. The molecule has 0 aliphatic heterocycles. The molecule has 1 aromatic carbocycles. The van der Waals surface area contributed by atoms with Gasteiger partial charge in [0.25, 0.3) is 0 Å². The fraction of sp³-hybridized carbons (Fsp3) is 0. The summed E-state index contributed by atoms with van der Waals surface area (Å²) in [5.74, 6) is -0.314. The average molecular weight is 370 g/mol. The van der Waals surface area contributed by atoms with Crippen LogP contribution >= 0.6 is 33.9 Å². The minimum absolute atomic E-state index is 0.314. The highest BCUT2D eigenvalue weighted by Gasteiger charge is 2.12. The van der Waals surface area contributed by atoms with Gasteiger partial charge in [-0.2, -0.15) is 5.26 Å². The highest BCUT2D eigenvalue weighted by molar-refractivity contribution is 14.1. The Balaban J connectivity index is 2.58. The lowest BCUT2D eigenvalue weighted by Crippen LogP contribution is -2.02. The number of hydrogen-bond acceptors (Lipinski definition) is 3. The van der Waals surface area contributed by atoms with Crippen LogP contribution in [-0.4, -0.2) is 0 Å². The van der Waals surface area contributed by atoms with Crippen LogP contribution in [0.25, 0.3) is 11.3 Å². The first-order valence-corrected chi connectivity index (χ1v) is 6.98. The summed E-state index contributed by atoms with van der Waals surface area (Å²) >= 11 is 3.46. The SMILES string of the molecule is N#C/C(=C(/N)c1ccc(F)cc1I)c1cccs1. The Hall–Kier alpha value is -1.39. The molecule has 1 aromatic heterocycles. The lowest BCUT2D eigenvalue weighted by atomic mass is 10.1. The molecular formula is C13H8FIN2S. The van der Waals surface area contributed by atoms with Crippen LogP contribution in [0.3, 0.4) is 0 Å². The molecule has 2 rings (SSSR count). The van der Waals surface area contributed by atoms with Crippen molar-refractivity contribution in [3.05, 3.63) is 55.5 Å². The standard InChI is InChI=1S/C13H8FIN2S/c14-8-3-4-9(11(15)6-8)13(17)10(7-16)12-2-1-5-18-12/h1-6H,17H2/b13-10-. The number of thiophene rings is 1. The monoisotopic (exact) mass is 370 g/mol. The maximum Gasteiger partial charge on any atom is 0.124 e. The summed E-state index contributed by atoms with van der Waals surface area (Å²) in [5, 5.41) is 11.1. The van der Waals surface area contributed by atoms with Crippen molar-refractivity contribution in [3.8, 4) is 6.07 Å². The first kappa shape index (κ1) is 13.1. The molecule has 18 heavy (non-hydrogen) atoms. The van der Waals surface area contributed by atoms with Gasteiger partial charge in [0, 0.05) is 14.0 Å². The first-order valence-electron chi connectivity index (χ1n) is 5.02. The van der Waals surface area contributed by atoms with Crippen LogP contribution in [0.15, 0.2) is 35.7 Å². The maximum absolute atomic E-state index is 13.0. The summed E-state index contributed by atoms with van der Waals surface area (Å²) in [6, 6.07) is 10.1. The number of benzene rings is 1. The summed E-state index contributed by atoms with van der Waals surface area (Å²) in [6.45, 7) is 0. The number of nitriles is 1. The predicted octanol–water partition coefficient (Wildman–Crippen LogP) is 3.84. The van der Waals surface area contributed by atoms with Gasteiger partial charge in [0.2, 0.25) is 0 Å². The summed E-state index contributed by atoms with van der Waals surface area (Å²) in [5.41, 5.74) is 7.52. The van der Waals surface area contributed by atoms with Crippen LogP contribution in [0, 0.1) is 20.7 Å². The van der Waals surface area contributed by atoms with E-state index >= 15 is 0 Å². The molecule has 0 radical (unpaired) electrons. The molecule has 5 heteroatoms. The Labute approximate surface area is 122 Å². The molecule has 0 aliphatic rings. The lowest BCUT2D eigenvalue weighted by Gasteiger charge is -2.07. The van der Waals surface area contributed by atoms with Crippen LogP contribution in [-0.2, 0) is 0 Å². The minimum atomic E-state index is -0.314. The maximum atomic E-state index is 13.0. The molecule has 0 saturated carbocycles. The number of rotatable bonds is 2. The highest BCUT2D eigenvalue weighted by Crippen LogP contribution is 2.28. The van der Waals surface area contributed by atoms with Gasteiger partial charge < -0.3 is 5.73 Å². The molecule has 0 spiro atoms. The van der Waals surface area contributed by atoms with Gasteiger partial charge in [0.15, 0.2) is 0 Å². The van der Waals surface area contributed by atoms with E-state index in [1.54, 1.807) is 6.07 Å². The normalized spacial score (nSPS) is 11.8. The topological polar surface area (TPSA) is 49.8 Å². The van der Waals surface area contributed by atoms with E-state index in [1.165, 1.54) is 23.5 Å². The number of hydrogen-bond donors (Lipinski definition) is 1. The fourth-order valence-corrected chi connectivity index (χ4v) is 3.01. The van der Waals surface area contributed by atoms with Crippen molar-refractivity contribution in [3.63, 3.8) is 0 Å². The Morgan fingerprint density at radius 3 is 2.72 bits per heavy atom. The first-order chi connectivity index (χ1) is 8.63. The number of nitrogens with zero attached hydrogens (tertiary/aromatic N) is 1. The van der Waals surface area contributed by atoms with Gasteiger partial charge in [-0.05, 0) is 52.2 Å². The molecule has 2 N–H and O–H groups in total. The smallest absolute Gasteiger partial charge is 0.124 e. The van der Waals surface area contributed by atoms with Crippen molar-refractivity contribution >= 4 is 45.2 Å². The van der Waals surface area contributed by atoms with Gasteiger partial charge in [0.1, 0.15) is 11.9 Å². The zero-order chi connectivity index (χ0) is 13.1. The summed E-state index contributed by atoms with van der Waals surface area (Å²) in [6.07, 6.45) is 0. The second kappa shape index (κ2) is 5.50. The van der Waals surface area contributed by atoms with Gasteiger partial charge in [-0.25, -0.2) is 4.39 Å². The summed E-state index contributed by atoms with van der Waals surface area (Å²) < 4.78 is 13.7. The molecule has 0 atom stereocenters. The largest absolute Gasteiger partial charge is 0.397 e. The van der Waals surface area contributed by atoms with Crippen LogP contribution in [0.4, 0.5) is 4.39 Å². The van der Waals surface area contributed by atoms with Crippen LogP contribution < -0.4 is 5.73 Å². The molecule has 2 nitrogen and oxygen atoms in total. The predicted molar refractivity (Wildman–Crippen MR) is 80.1 cm³/mol. The molecule has 0 fully saturated rings. The van der Waals surface area contributed by atoms with E-state index in [9.17, 15) is 9.65 Å². The van der Waals surface area contributed by atoms with E-state index in [2.05, 4.69) is 6.07 Å². The van der Waals surface area contributed by atoms with Crippen LogP contribution in [0.2, 0.25) is 0 Å². The Morgan fingerprint density at radius 1 is 1.39 bits per heavy atom. The zero-order valence-corrected chi connectivity index (χ0v) is 12.1. The number of nitrogens with two attached hydrogens (primary N) is 1. The van der Waals surface area contributed by atoms with E-state index in [0.29, 0.717) is 20.4 Å². The van der Waals surface area contributed by atoms with Crippen molar-refractivity contribution in [1.82, 2.24) is 0 Å². The minimum Gasteiger partial charge on any atom is -0.397 e. The number of allylic oxidation sites excluding steroid dienone is 1. The van der Waals surface area contributed by atoms with Crippen molar-refractivity contribution < 1.29 is 4.39 Å². The number of halogens is 2. The van der Waals surface area contributed by atoms with Gasteiger partial charge in [-0.15, -0.1) is 11.3 Å². The second-order valence-electron chi connectivity index (χ2n) is 3.50. The van der Waals surface area contributed by atoms with Crippen molar-refractivity contribution in [2.75, 3.05) is 0 Å². The Kier molecular flexibility index (Phi) is 3.99. The van der Waals surface area contributed by atoms with E-state index in [4.69, 9.17) is 5.73 Å². The fourth-order valence-electron chi connectivity index (χ4n) is 1.51. The van der Waals surface area contributed by atoms with Crippen molar-refractivity contribution in [2.45, 2.75) is 0 Å². The van der Waals surface area contributed by atoms with Gasteiger partial charge in [0.05, 0.1) is 11.3 Å². The van der Waals surface area contributed by atoms with E-state index in [0.717, 1.165) is 4.88 Å². The highest BCUT2D eigenvalue weighted by atomic mass is 127. The third kappa shape index (κ3) is 2.54. The molecule has 0 amide bonds. The van der Waals surface area contributed by atoms with E-state index in [-0.39, 0.29) is 5.82 Å². The lowest BCUT2D eigenvalue weighted by molar-refractivity contribution is 0.626. The van der Waals surface area contributed by atoms with Gasteiger partial charge in [-0.3, -0.25) is 0 Å². The quantitative estimate of drug-likeness (QED) is 0.645. The Bertz CT molecular complexity index is 642. The molecule has 90 valence electrons. The van der Waals surface area contributed by atoms with Gasteiger partial charge in [-0.1, -0.05) is 6.07 Å². The summed E-state index contributed by atoms with van der Waals surface area (Å²) in [4.78, 5) is 0.815. The molecule has 2 aromatic rings. The van der Waals surface area contributed by atoms with Gasteiger partial charge >= 0.3 is 0 Å². The molecule has 0 bridgehead atoms. The van der Waals surface area contributed by atoms with Crippen molar-refractivity contribution in [1.29, 1.82) is 5.26 Å².